The lowest BCUT2D eigenvalue weighted by atomic mass is 10.1. The molecule has 5 heteroatoms. The zero-order chi connectivity index (χ0) is 13.9. The molecule has 20 heavy (non-hydrogen) atoms. The number of rotatable bonds is 4. The van der Waals surface area contributed by atoms with Gasteiger partial charge in [-0.3, -0.25) is 0 Å². The quantitative estimate of drug-likeness (QED) is 0.938. The number of furan rings is 1. The Morgan fingerprint density at radius 1 is 1.50 bits per heavy atom. The SMILES string of the molecule is CCNC(c1cc2cccc(F)c2o1)C1CSCCO1. The van der Waals surface area contributed by atoms with Crippen LogP contribution in [0.2, 0.25) is 0 Å². The lowest BCUT2D eigenvalue weighted by Crippen LogP contribution is -2.37. The van der Waals surface area contributed by atoms with Crippen LogP contribution in [0.1, 0.15) is 18.7 Å². The van der Waals surface area contributed by atoms with Gasteiger partial charge in [-0.15, -0.1) is 0 Å². The number of ether oxygens (including phenoxy) is 1. The largest absolute Gasteiger partial charge is 0.456 e. The molecule has 1 aliphatic rings. The zero-order valence-corrected chi connectivity index (χ0v) is 12.2. The Labute approximate surface area is 121 Å². The van der Waals surface area contributed by atoms with Crippen molar-refractivity contribution in [2.24, 2.45) is 0 Å². The first-order valence-corrected chi connectivity index (χ1v) is 8.05. The summed E-state index contributed by atoms with van der Waals surface area (Å²) in [6.07, 6.45) is 0.0670. The van der Waals surface area contributed by atoms with Gasteiger partial charge in [0.2, 0.25) is 0 Å². The van der Waals surface area contributed by atoms with Crippen LogP contribution in [0.25, 0.3) is 11.0 Å². The molecule has 3 rings (SSSR count). The Kier molecular flexibility index (Phi) is 4.29. The van der Waals surface area contributed by atoms with E-state index < -0.39 is 0 Å². The number of benzene rings is 1. The zero-order valence-electron chi connectivity index (χ0n) is 11.4. The molecule has 2 aromatic rings. The summed E-state index contributed by atoms with van der Waals surface area (Å²) < 4.78 is 25.3. The van der Waals surface area contributed by atoms with Gasteiger partial charge in [-0.1, -0.05) is 19.1 Å². The molecular weight excluding hydrogens is 277 g/mol. The van der Waals surface area contributed by atoms with E-state index in [2.05, 4.69) is 5.32 Å². The second-order valence-electron chi connectivity index (χ2n) is 4.83. The molecule has 2 heterocycles. The molecular formula is C15H18FNO2S. The number of hydrogen-bond donors (Lipinski definition) is 1. The van der Waals surface area contributed by atoms with Crippen LogP contribution >= 0.6 is 11.8 Å². The highest BCUT2D eigenvalue weighted by Gasteiger charge is 2.28. The van der Waals surface area contributed by atoms with Crippen LogP contribution in [0, 0.1) is 5.82 Å². The van der Waals surface area contributed by atoms with Gasteiger partial charge in [0.15, 0.2) is 11.4 Å². The number of likely N-dealkylation sites (N-methyl/N-ethyl adjacent to an activating group) is 1. The van der Waals surface area contributed by atoms with E-state index in [0.717, 1.165) is 35.8 Å². The maximum absolute atomic E-state index is 13.7. The van der Waals surface area contributed by atoms with Crippen LogP contribution in [0.5, 0.6) is 0 Å². The molecule has 1 N–H and O–H groups in total. The van der Waals surface area contributed by atoms with Crippen molar-refractivity contribution in [2.75, 3.05) is 24.7 Å². The first kappa shape index (κ1) is 13.9. The van der Waals surface area contributed by atoms with E-state index in [1.54, 1.807) is 6.07 Å². The Morgan fingerprint density at radius 3 is 3.10 bits per heavy atom. The molecule has 3 nitrogen and oxygen atoms in total. The second-order valence-corrected chi connectivity index (χ2v) is 5.98. The third-order valence-electron chi connectivity index (χ3n) is 3.46. The molecule has 0 bridgehead atoms. The van der Waals surface area contributed by atoms with Crippen molar-refractivity contribution in [3.63, 3.8) is 0 Å². The van der Waals surface area contributed by atoms with Crippen LogP contribution in [-0.2, 0) is 4.74 Å². The number of thioether (sulfide) groups is 1. The molecule has 0 radical (unpaired) electrons. The van der Waals surface area contributed by atoms with Gasteiger partial charge >= 0.3 is 0 Å². The number of halogens is 1. The van der Waals surface area contributed by atoms with Crippen molar-refractivity contribution in [3.05, 3.63) is 35.8 Å². The standard InChI is InChI=1S/C15H18FNO2S/c1-2-17-14(13-9-20-7-6-18-13)12-8-10-4-3-5-11(16)15(10)19-12/h3-5,8,13-14,17H,2,6-7,9H2,1H3. The predicted octanol–water partition coefficient (Wildman–Crippen LogP) is 3.35. The van der Waals surface area contributed by atoms with Gasteiger partial charge < -0.3 is 14.5 Å². The van der Waals surface area contributed by atoms with Crippen molar-refractivity contribution in [1.29, 1.82) is 0 Å². The van der Waals surface area contributed by atoms with Crippen molar-refractivity contribution >= 4 is 22.7 Å². The van der Waals surface area contributed by atoms with Crippen LogP contribution in [0.3, 0.4) is 0 Å². The first-order valence-electron chi connectivity index (χ1n) is 6.90. The van der Waals surface area contributed by atoms with Gasteiger partial charge in [0.05, 0.1) is 18.8 Å². The van der Waals surface area contributed by atoms with E-state index in [0.29, 0.717) is 5.58 Å². The van der Waals surface area contributed by atoms with Gasteiger partial charge in [-0.2, -0.15) is 11.8 Å². The van der Waals surface area contributed by atoms with Crippen molar-refractivity contribution in [3.8, 4) is 0 Å². The highest BCUT2D eigenvalue weighted by molar-refractivity contribution is 7.99. The molecule has 0 spiro atoms. The fourth-order valence-corrected chi connectivity index (χ4v) is 3.44. The summed E-state index contributed by atoms with van der Waals surface area (Å²) >= 11 is 1.88. The highest BCUT2D eigenvalue weighted by Crippen LogP contribution is 2.31. The van der Waals surface area contributed by atoms with Gasteiger partial charge in [0.25, 0.3) is 0 Å². The lowest BCUT2D eigenvalue weighted by Gasteiger charge is -2.29. The van der Waals surface area contributed by atoms with E-state index in [9.17, 15) is 4.39 Å². The Morgan fingerprint density at radius 2 is 2.40 bits per heavy atom. The number of fused-ring (bicyclic) bond motifs is 1. The number of para-hydroxylation sites is 1. The minimum Gasteiger partial charge on any atom is -0.456 e. The molecule has 1 aromatic heterocycles. The monoisotopic (exact) mass is 295 g/mol. The van der Waals surface area contributed by atoms with E-state index >= 15 is 0 Å². The fourth-order valence-electron chi connectivity index (χ4n) is 2.53. The molecule has 0 aliphatic carbocycles. The van der Waals surface area contributed by atoms with E-state index in [-0.39, 0.29) is 18.0 Å². The molecule has 1 aliphatic heterocycles. The normalized spacial score (nSPS) is 21.2. The maximum atomic E-state index is 13.7. The lowest BCUT2D eigenvalue weighted by molar-refractivity contribution is 0.0418. The summed E-state index contributed by atoms with van der Waals surface area (Å²) in [5, 5.41) is 4.19. The van der Waals surface area contributed by atoms with E-state index in [1.165, 1.54) is 6.07 Å². The molecule has 0 saturated carbocycles. The third kappa shape index (κ3) is 2.71. The van der Waals surface area contributed by atoms with Gasteiger partial charge in [-0.25, -0.2) is 4.39 Å². The maximum Gasteiger partial charge on any atom is 0.169 e. The van der Waals surface area contributed by atoms with Crippen molar-refractivity contribution in [2.45, 2.75) is 19.1 Å². The van der Waals surface area contributed by atoms with Gasteiger partial charge in [-0.05, 0) is 18.7 Å². The molecule has 1 saturated heterocycles. The average Bonchev–Trinajstić information content (AvgIpc) is 2.91. The summed E-state index contributed by atoms with van der Waals surface area (Å²) in [5.41, 5.74) is 0.328. The summed E-state index contributed by atoms with van der Waals surface area (Å²) in [4.78, 5) is 0. The van der Waals surface area contributed by atoms with Crippen LogP contribution < -0.4 is 5.32 Å². The number of hydrogen-bond acceptors (Lipinski definition) is 4. The smallest absolute Gasteiger partial charge is 0.169 e. The van der Waals surface area contributed by atoms with E-state index in [1.807, 2.05) is 30.8 Å². The topological polar surface area (TPSA) is 34.4 Å². The van der Waals surface area contributed by atoms with Crippen LogP contribution in [-0.4, -0.2) is 30.8 Å². The van der Waals surface area contributed by atoms with Crippen molar-refractivity contribution in [1.82, 2.24) is 5.32 Å². The Hall–Kier alpha value is -1.04. The summed E-state index contributed by atoms with van der Waals surface area (Å²) in [6.45, 7) is 3.62. The summed E-state index contributed by atoms with van der Waals surface area (Å²) in [7, 11) is 0. The predicted molar refractivity (Wildman–Crippen MR) is 79.7 cm³/mol. The number of nitrogens with one attached hydrogen (secondary N) is 1. The summed E-state index contributed by atoms with van der Waals surface area (Å²) in [6, 6.07) is 6.87. The second kappa shape index (κ2) is 6.16. The minimum atomic E-state index is -0.317. The summed E-state index contributed by atoms with van der Waals surface area (Å²) in [5.74, 6) is 2.39. The third-order valence-corrected chi connectivity index (χ3v) is 4.48. The first-order chi connectivity index (χ1) is 9.79. The van der Waals surface area contributed by atoms with Gasteiger partial charge in [0.1, 0.15) is 5.76 Å². The molecule has 2 unspecified atom stereocenters. The Bertz CT molecular complexity index is 580. The highest BCUT2D eigenvalue weighted by atomic mass is 32.2. The average molecular weight is 295 g/mol. The minimum absolute atomic E-state index is 0.0281. The molecule has 1 aromatic carbocycles. The molecule has 1 fully saturated rings. The molecule has 108 valence electrons. The molecule has 2 atom stereocenters. The van der Waals surface area contributed by atoms with Crippen molar-refractivity contribution < 1.29 is 13.5 Å². The molecule has 0 amide bonds. The fraction of sp³-hybridized carbons (Fsp3) is 0.467. The Balaban J connectivity index is 1.93. The van der Waals surface area contributed by atoms with Gasteiger partial charge in [0, 0.05) is 16.9 Å². The van der Waals surface area contributed by atoms with E-state index in [4.69, 9.17) is 9.15 Å². The van der Waals surface area contributed by atoms with Crippen LogP contribution in [0.15, 0.2) is 28.7 Å². The van der Waals surface area contributed by atoms with Crippen LogP contribution in [0.4, 0.5) is 4.39 Å².